The molecule has 0 unspecified atom stereocenters. The van der Waals surface area contributed by atoms with Crippen LogP contribution in [0.15, 0.2) is 24.3 Å². The molecule has 28 heavy (non-hydrogen) atoms. The van der Waals surface area contributed by atoms with Crippen molar-refractivity contribution in [1.82, 2.24) is 15.5 Å². The Morgan fingerprint density at radius 2 is 1.82 bits per heavy atom. The van der Waals surface area contributed by atoms with Crippen LogP contribution in [0.4, 0.5) is 5.69 Å². The highest BCUT2D eigenvalue weighted by Gasteiger charge is 2.22. The molecule has 2 saturated heterocycles. The van der Waals surface area contributed by atoms with Crippen LogP contribution in [0, 0.1) is 0 Å². The molecule has 0 aromatic heterocycles. The standard InChI is InChI=1S/C21H30N4O3/c1-2-11-24-13-9-17(10-14-24)23-19(26)15-22-21(28)16-5-7-18(8-6-16)25-12-3-4-20(25)27/h5-8,17H,2-4,9-15H2,1H3,(H,22,28)(H,23,26). The van der Waals surface area contributed by atoms with Gasteiger partial charge in [-0.05, 0) is 56.5 Å². The van der Waals surface area contributed by atoms with Gasteiger partial charge in [0.05, 0.1) is 6.54 Å². The second-order valence-electron chi connectivity index (χ2n) is 7.56. The minimum absolute atomic E-state index is 0.0274. The zero-order valence-corrected chi connectivity index (χ0v) is 16.6. The van der Waals surface area contributed by atoms with Gasteiger partial charge < -0.3 is 20.4 Å². The first-order valence-corrected chi connectivity index (χ1v) is 10.3. The van der Waals surface area contributed by atoms with Crippen LogP contribution < -0.4 is 15.5 Å². The number of carbonyl (C=O) groups is 3. The van der Waals surface area contributed by atoms with E-state index in [0.29, 0.717) is 12.0 Å². The highest BCUT2D eigenvalue weighted by Crippen LogP contribution is 2.21. The van der Waals surface area contributed by atoms with Crippen molar-refractivity contribution in [3.05, 3.63) is 29.8 Å². The van der Waals surface area contributed by atoms with Gasteiger partial charge in [-0.15, -0.1) is 0 Å². The molecule has 2 aliphatic rings. The van der Waals surface area contributed by atoms with Gasteiger partial charge in [0, 0.05) is 43.3 Å². The zero-order valence-electron chi connectivity index (χ0n) is 16.6. The molecular weight excluding hydrogens is 356 g/mol. The van der Waals surface area contributed by atoms with E-state index in [1.807, 2.05) is 0 Å². The molecule has 0 radical (unpaired) electrons. The molecule has 0 saturated carbocycles. The quantitative estimate of drug-likeness (QED) is 0.745. The van der Waals surface area contributed by atoms with Crippen LogP contribution in [0.2, 0.25) is 0 Å². The van der Waals surface area contributed by atoms with E-state index in [4.69, 9.17) is 0 Å². The molecular formula is C21H30N4O3. The lowest BCUT2D eigenvalue weighted by Gasteiger charge is -2.32. The Hall–Kier alpha value is -2.41. The molecule has 2 heterocycles. The third kappa shape index (κ3) is 5.32. The number of likely N-dealkylation sites (tertiary alicyclic amines) is 1. The average molecular weight is 386 g/mol. The third-order valence-corrected chi connectivity index (χ3v) is 5.42. The summed E-state index contributed by atoms with van der Waals surface area (Å²) >= 11 is 0. The summed E-state index contributed by atoms with van der Waals surface area (Å²) in [7, 11) is 0. The normalized spacial score (nSPS) is 18.3. The number of anilines is 1. The molecule has 1 aromatic carbocycles. The second kappa shape index (κ2) is 9.68. The van der Waals surface area contributed by atoms with Gasteiger partial charge in [0.15, 0.2) is 0 Å². The van der Waals surface area contributed by atoms with E-state index in [2.05, 4.69) is 22.5 Å². The molecule has 0 spiro atoms. The number of nitrogens with zero attached hydrogens (tertiary/aromatic N) is 2. The minimum Gasteiger partial charge on any atom is -0.352 e. The SMILES string of the molecule is CCCN1CCC(NC(=O)CNC(=O)c2ccc(N3CCCC3=O)cc2)CC1. The number of rotatable bonds is 7. The summed E-state index contributed by atoms with van der Waals surface area (Å²) in [5.74, 6) is -0.316. The number of piperidine rings is 1. The van der Waals surface area contributed by atoms with Gasteiger partial charge >= 0.3 is 0 Å². The Kier molecular flexibility index (Phi) is 7.03. The molecule has 2 aliphatic heterocycles. The number of benzene rings is 1. The van der Waals surface area contributed by atoms with Crippen molar-refractivity contribution in [3.63, 3.8) is 0 Å². The van der Waals surface area contributed by atoms with Gasteiger partial charge in [0.2, 0.25) is 11.8 Å². The van der Waals surface area contributed by atoms with Crippen LogP contribution in [-0.2, 0) is 9.59 Å². The smallest absolute Gasteiger partial charge is 0.251 e. The summed E-state index contributed by atoms with van der Waals surface area (Å²) in [6.45, 7) is 6.01. The van der Waals surface area contributed by atoms with E-state index in [1.54, 1.807) is 29.2 Å². The van der Waals surface area contributed by atoms with Gasteiger partial charge in [-0.2, -0.15) is 0 Å². The Morgan fingerprint density at radius 1 is 1.11 bits per heavy atom. The molecule has 0 bridgehead atoms. The van der Waals surface area contributed by atoms with Crippen LogP contribution >= 0.6 is 0 Å². The lowest BCUT2D eigenvalue weighted by molar-refractivity contribution is -0.121. The first kappa shape index (κ1) is 20.3. The Morgan fingerprint density at radius 3 is 2.43 bits per heavy atom. The van der Waals surface area contributed by atoms with Crippen molar-refractivity contribution in [2.75, 3.05) is 37.6 Å². The monoisotopic (exact) mass is 386 g/mol. The van der Waals surface area contributed by atoms with Crippen LogP contribution in [-0.4, -0.2) is 61.4 Å². The first-order chi connectivity index (χ1) is 13.6. The Labute approximate surface area is 166 Å². The minimum atomic E-state index is -0.285. The van der Waals surface area contributed by atoms with Gasteiger partial charge in [-0.25, -0.2) is 0 Å². The predicted octanol–water partition coefficient (Wildman–Crippen LogP) is 1.53. The third-order valence-electron chi connectivity index (χ3n) is 5.42. The maximum atomic E-state index is 12.3. The molecule has 2 N–H and O–H groups in total. The number of hydrogen-bond acceptors (Lipinski definition) is 4. The molecule has 3 rings (SSSR count). The second-order valence-corrected chi connectivity index (χ2v) is 7.56. The van der Waals surface area contributed by atoms with E-state index in [9.17, 15) is 14.4 Å². The summed E-state index contributed by atoms with van der Waals surface area (Å²) in [5, 5.41) is 5.69. The van der Waals surface area contributed by atoms with Crippen molar-refractivity contribution in [2.45, 2.75) is 45.1 Å². The molecule has 2 fully saturated rings. The lowest BCUT2D eigenvalue weighted by atomic mass is 10.0. The van der Waals surface area contributed by atoms with Gasteiger partial charge in [0.25, 0.3) is 5.91 Å². The summed E-state index contributed by atoms with van der Waals surface area (Å²) in [6, 6.07) is 7.13. The Bertz CT molecular complexity index is 696. The molecule has 1 aromatic rings. The molecule has 0 aliphatic carbocycles. The lowest BCUT2D eigenvalue weighted by Crippen LogP contribution is -2.47. The van der Waals surface area contributed by atoms with Crippen LogP contribution in [0.1, 0.15) is 49.4 Å². The van der Waals surface area contributed by atoms with E-state index in [-0.39, 0.29) is 30.3 Å². The van der Waals surface area contributed by atoms with E-state index in [1.165, 1.54) is 0 Å². The zero-order chi connectivity index (χ0) is 19.9. The number of nitrogens with one attached hydrogen (secondary N) is 2. The fourth-order valence-electron chi connectivity index (χ4n) is 3.87. The van der Waals surface area contributed by atoms with Gasteiger partial charge in [-0.1, -0.05) is 6.92 Å². The number of amides is 3. The maximum absolute atomic E-state index is 12.3. The van der Waals surface area contributed by atoms with Gasteiger partial charge in [0.1, 0.15) is 0 Å². The topological polar surface area (TPSA) is 81.8 Å². The Balaban J connectivity index is 1.41. The van der Waals surface area contributed by atoms with E-state index < -0.39 is 0 Å². The fourth-order valence-corrected chi connectivity index (χ4v) is 3.87. The van der Waals surface area contributed by atoms with E-state index in [0.717, 1.165) is 57.5 Å². The van der Waals surface area contributed by atoms with Crippen molar-refractivity contribution < 1.29 is 14.4 Å². The van der Waals surface area contributed by atoms with Crippen molar-refractivity contribution in [1.29, 1.82) is 0 Å². The summed E-state index contributed by atoms with van der Waals surface area (Å²) in [5.41, 5.74) is 1.29. The van der Waals surface area contributed by atoms with Crippen LogP contribution in [0.5, 0.6) is 0 Å². The number of carbonyl (C=O) groups excluding carboxylic acids is 3. The summed E-state index contributed by atoms with van der Waals surface area (Å²) in [4.78, 5) is 40.4. The highest BCUT2D eigenvalue weighted by atomic mass is 16.2. The molecule has 7 heteroatoms. The average Bonchev–Trinajstić information content (AvgIpc) is 3.14. The maximum Gasteiger partial charge on any atom is 0.251 e. The first-order valence-electron chi connectivity index (χ1n) is 10.3. The van der Waals surface area contributed by atoms with Crippen LogP contribution in [0.3, 0.4) is 0 Å². The van der Waals surface area contributed by atoms with Crippen molar-refractivity contribution >= 4 is 23.4 Å². The largest absolute Gasteiger partial charge is 0.352 e. The van der Waals surface area contributed by atoms with E-state index >= 15 is 0 Å². The number of hydrogen-bond donors (Lipinski definition) is 2. The molecule has 0 atom stereocenters. The van der Waals surface area contributed by atoms with Crippen LogP contribution in [0.25, 0.3) is 0 Å². The van der Waals surface area contributed by atoms with Crippen molar-refractivity contribution in [3.8, 4) is 0 Å². The highest BCUT2D eigenvalue weighted by molar-refractivity contribution is 5.98. The van der Waals surface area contributed by atoms with Crippen molar-refractivity contribution in [2.24, 2.45) is 0 Å². The predicted molar refractivity (Wildman–Crippen MR) is 108 cm³/mol. The summed E-state index contributed by atoms with van der Waals surface area (Å²) in [6.07, 6.45) is 4.51. The molecule has 152 valence electrons. The van der Waals surface area contributed by atoms with Gasteiger partial charge in [-0.3, -0.25) is 14.4 Å². The molecule has 3 amide bonds. The summed E-state index contributed by atoms with van der Waals surface area (Å²) < 4.78 is 0. The fraction of sp³-hybridized carbons (Fsp3) is 0.571. The molecule has 7 nitrogen and oxygen atoms in total.